The molecule has 4 fully saturated rings. The normalized spacial score (nSPS) is 27.1. The summed E-state index contributed by atoms with van der Waals surface area (Å²) in [7, 11) is 3.96. The van der Waals surface area contributed by atoms with Crippen molar-refractivity contribution < 1.29 is 38.8 Å². The van der Waals surface area contributed by atoms with Gasteiger partial charge in [-0.3, -0.25) is 14.9 Å². The molecule has 3 heterocycles. The average molecular weight is 819 g/mol. The predicted octanol–water partition coefficient (Wildman–Crippen LogP) is 4.63. The van der Waals surface area contributed by atoms with Gasteiger partial charge in [0.15, 0.2) is 5.82 Å². The van der Waals surface area contributed by atoms with Crippen LogP contribution in [0.2, 0.25) is 0 Å². The molecule has 5 N–H and O–H groups in total. The first-order chi connectivity index (χ1) is 27.9. The Hall–Kier alpha value is -4.67. The molecule has 16 nitrogen and oxygen atoms in total. The largest absolute Gasteiger partial charge is 0.492 e. The fraction of sp³-hybridized carbons (Fsp3) is 0.651. The second-order valence-corrected chi connectivity index (χ2v) is 18.7. The van der Waals surface area contributed by atoms with Gasteiger partial charge < -0.3 is 44.9 Å². The highest BCUT2D eigenvalue weighted by Gasteiger charge is 2.61. The van der Waals surface area contributed by atoms with Gasteiger partial charge in [0.05, 0.1) is 18.1 Å². The number of ether oxygens (including phenoxy) is 3. The Balaban J connectivity index is 1.18. The summed E-state index contributed by atoms with van der Waals surface area (Å²) in [4.78, 5) is 49.1. The number of nitrogens with one attached hydrogen (secondary N) is 3. The molecule has 1 aliphatic heterocycles. The van der Waals surface area contributed by atoms with E-state index in [-0.39, 0.29) is 31.0 Å². The SMILES string of the molecule is CC[C@@H]1C[C@]1(NC(O)[C@@H]1C[C@@H](Oc2cc(-n3ccc(NC(C)C)n3)nc3cc(OCCN(C)C)ccc23)CN1C(=O)[C@@H](NC(=O)OC1CC2C[C@H]2C1)C(C)(C)C)C(=O)O. The minimum absolute atomic E-state index is 0.0594. The van der Waals surface area contributed by atoms with Gasteiger partial charge in [0.2, 0.25) is 5.91 Å². The molecular formula is C43H62N8O8. The van der Waals surface area contributed by atoms with E-state index in [0.717, 1.165) is 19.4 Å². The molecule has 7 rings (SSSR count). The van der Waals surface area contributed by atoms with E-state index in [2.05, 4.69) is 16.0 Å². The Bertz CT molecular complexity index is 2010. The summed E-state index contributed by atoms with van der Waals surface area (Å²) in [5.74, 6) is 1.92. The number of likely N-dealkylation sites (tertiary alicyclic amines) is 1. The third-order valence-corrected chi connectivity index (χ3v) is 12.3. The standard InChI is InChI=1S/C43H62N8O8/c1-9-27-22-43(27,40(54)55)47-38(52)33-20-30(23-50(33)39(53)37(42(4,5)6)46-41(56)59-29-17-25-16-26(25)18-29)58-34-21-36(51-13-12-35(48-51)44-24(2)3)45-32-19-28(10-11-31(32)34)57-15-14-49(7)8/h10-13,19,21,24-27,29-30,33,37-38,47,52H,9,14-18,20,22-23H2,1-8H3,(H,44,48)(H,46,56)(H,54,55)/t25-,26?,27+,29?,30+,33-,37+,38?,43+/m0/s1. The molecule has 2 aromatic heterocycles. The minimum Gasteiger partial charge on any atom is -0.492 e. The molecule has 9 atom stereocenters. The topological polar surface area (TPSA) is 193 Å². The number of fused-ring (bicyclic) bond motifs is 2. The molecule has 0 radical (unpaired) electrons. The zero-order valence-electron chi connectivity index (χ0n) is 35.6. The lowest BCUT2D eigenvalue weighted by Gasteiger charge is -2.37. The number of amides is 2. The molecule has 3 unspecified atom stereocenters. The van der Waals surface area contributed by atoms with Crippen molar-refractivity contribution in [2.75, 3.05) is 39.1 Å². The molecular weight excluding hydrogens is 757 g/mol. The van der Waals surface area contributed by atoms with E-state index in [4.69, 9.17) is 24.3 Å². The summed E-state index contributed by atoms with van der Waals surface area (Å²) < 4.78 is 20.3. The summed E-state index contributed by atoms with van der Waals surface area (Å²) in [6, 6.07) is 7.56. The van der Waals surface area contributed by atoms with Crippen molar-refractivity contribution >= 4 is 34.7 Å². The number of aromatic nitrogens is 3. The van der Waals surface area contributed by atoms with Crippen LogP contribution in [0.5, 0.6) is 11.5 Å². The molecule has 322 valence electrons. The zero-order valence-corrected chi connectivity index (χ0v) is 35.6. The van der Waals surface area contributed by atoms with Gasteiger partial charge in [0, 0.05) is 48.8 Å². The predicted molar refractivity (Wildman–Crippen MR) is 222 cm³/mol. The molecule has 0 bridgehead atoms. The molecule has 1 aromatic carbocycles. The number of carboxylic acids is 1. The number of anilines is 1. The van der Waals surface area contributed by atoms with Crippen LogP contribution in [0, 0.1) is 23.2 Å². The fourth-order valence-corrected chi connectivity index (χ4v) is 8.84. The molecule has 3 saturated carbocycles. The van der Waals surface area contributed by atoms with Crippen molar-refractivity contribution in [2.45, 2.75) is 122 Å². The van der Waals surface area contributed by atoms with Gasteiger partial charge in [-0.1, -0.05) is 34.1 Å². The number of aliphatic carboxylic acids is 1. The highest BCUT2D eigenvalue weighted by Crippen LogP contribution is 2.52. The van der Waals surface area contributed by atoms with Gasteiger partial charge >= 0.3 is 12.1 Å². The van der Waals surface area contributed by atoms with Crippen LogP contribution in [0.25, 0.3) is 16.7 Å². The fourth-order valence-electron chi connectivity index (χ4n) is 8.84. The Morgan fingerprint density at radius 3 is 2.44 bits per heavy atom. The maximum atomic E-state index is 14.8. The number of benzene rings is 1. The van der Waals surface area contributed by atoms with Gasteiger partial charge in [0.1, 0.15) is 53.9 Å². The first-order valence-corrected chi connectivity index (χ1v) is 21.1. The number of carbonyl (C=O) groups is 3. The van der Waals surface area contributed by atoms with Crippen LogP contribution in [0.15, 0.2) is 36.5 Å². The summed E-state index contributed by atoms with van der Waals surface area (Å²) >= 11 is 0. The molecule has 3 aliphatic carbocycles. The van der Waals surface area contributed by atoms with E-state index >= 15 is 0 Å². The number of alkyl carbamates (subject to hydrolysis) is 1. The lowest BCUT2D eigenvalue weighted by atomic mass is 9.85. The number of nitrogens with zero attached hydrogens (tertiary/aromatic N) is 5. The van der Waals surface area contributed by atoms with Crippen LogP contribution in [0.3, 0.4) is 0 Å². The van der Waals surface area contributed by atoms with E-state index in [1.807, 2.05) is 91.0 Å². The van der Waals surface area contributed by atoms with Crippen molar-refractivity contribution in [3.05, 3.63) is 36.5 Å². The van der Waals surface area contributed by atoms with Crippen molar-refractivity contribution in [1.82, 2.24) is 35.2 Å². The lowest BCUT2D eigenvalue weighted by molar-refractivity contribution is -0.144. The molecule has 2 amide bonds. The number of pyridine rings is 1. The van der Waals surface area contributed by atoms with Crippen LogP contribution in [-0.2, 0) is 14.3 Å². The maximum absolute atomic E-state index is 14.8. The molecule has 3 aromatic rings. The highest BCUT2D eigenvalue weighted by atomic mass is 16.6. The summed E-state index contributed by atoms with van der Waals surface area (Å²) in [5.41, 5.74) is -1.43. The number of hydrogen-bond acceptors (Lipinski definition) is 12. The number of carboxylic acid groups (broad SMARTS) is 1. The minimum atomic E-state index is -1.40. The van der Waals surface area contributed by atoms with E-state index in [9.17, 15) is 24.6 Å². The van der Waals surface area contributed by atoms with Gasteiger partial charge in [-0.05, 0) is 88.9 Å². The Labute approximate surface area is 346 Å². The van der Waals surface area contributed by atoms with Crippen LogP contribution in [0.1, 0.15) is 80.1 Å². The first-order valence-electron chi connectivity index (χ1n) is 21.1. The van der Waals surface area contributed by atoms with Crippen molar-refractivity contribution in [3.63, 3.8) is 0 Å². The number of aliphatic hydroxyl groups excluding tert-OH is 1. The molecule has 59 heavy (non-hydrogen) atoms. The average Bonchev–Trinajstić information content (AvgIpc) is 3.83. The number of hydrogen-bond donors (Lipinski definition) is 5. The zero-order chi connectivity index (χ0) is 42.4. The Morgan fingerprint density at radius 2 is 1.80 bits per heavy atom. The highest BCUT2D eigenvalue weighted by molar-refractivity contribution is 5.88. The van der Waals surface area contributed by atoms with Crippen LogP contribution in [0.4, 0.5) is 10.6 Å². The molecule has 1 saturated heterocycles. The van der Waals surface area contributed by atoms with E-state index in [1.54, 1.807) is 10.7 Å². The third kappa shape index (κ3) is 9.55. The van der Waals surface area contributed by atoms with Crippen LogP contribution >= 0.6 is 0 Å². The van der Waals surface area contributed by atoms with Crippen molar-refractivity contribution in [2.24, 2.45) is 23.2 Å². The summed E-state index contributed by atoms with van der Waals surface area (Å²) in [6.07, 6.45) is 2.99. The van der Waals surface area contributed by atoms with E-state index in [0.29, 0.717) is 65.3 Å². The molecule has 16 heteroatoms. The van der Waals surface area contributed by atoms with Crippen LogP contribution < -0.4 is 25.4 Å². The Morgan fingerprint density at radius 1 is 1.05 bits per heavy atom. The van der Waals surface area contributed by atoms with Gasteiger partial charge in [0.25, 0.3) is 0 Å². The number of likely N-dealkylation sites (N-methyl/N-ethyl adjacent to an activating group) is 1. The molecule has 4 aliphatic rings. The second-order valence-electron chi connectivity index (χ2n) is 18.7. The summed E-state index contributed by atoms with van der Waals surface area (Å²) in [5, 5.41) is 36.7. The maximum Gasteiger partial charge on any atom is 0.408 e. The first kappa shape index (κ1) is 42.5. The quantitative estimate of drug-likeness (QED) is 0.119. The van der Waals surface area contributed by atoms with Gasteiger partial charge in [-0.15, -0.1) is 5.10 Å². The van der Waals surface area contributed by atoms with E-state index in [1.165, 1.54) is 11.3 Å². The van der Waals surface area contributed by atoms with Gasteiger partial charge in [-0.2, -0.15) is 0 Å². The Kier molecular flexibility index (Phi) is 12.1. The third-order valence-electron chi connectivity index (χ3n) is 12.3. The van der Waals surface area contributed by atoms with Crippen molar-refractivity contribution in [3.8, 4) is 17.3 Å². The van der Waals surface area contributed by atoms with Crippen molar-refractivity contribution in [1.29, 1.82) is 0 Å². The summed E-state index contributed by atoms with van der Waals surface area (Å²) in [6.45, 7) is 12.9. The lowest BCUT2D eigenvalue weighted by Crippen LogP contribution is -2.60. The monoisotopic (exact) mass is 818 g/mol. The molecule has 0 spiro atoms. The number of aliphatic hydroxyl groups is 1. The van der Waals surface area contributed by atoms with E-state index < -0.39 is 53.3 Å². The van der Waals surface area contributed by atoms with Gasteiger partial charge in [-0.25, -0.2) is 14.5 Å². The second kappa shape index (κ2) is 16.8. The smallest absolute Gasteiger partial charge is 0.408 e. The number of rotatable bonds is 17. The van der Waals surface area contributed by atoms with Crippen LogP contribution in [-0.4, -0.2) is 129 Å². The number of carbonyl (C=O) groups excluding carboxylic acids is 2.